The summed E-state index contributed by atoms with van der Waals surface area (Å²) in [5.74, 6) is 0.121. The Balaban J connectivity index is 1.58. The fourth-order valence-corrected chi connectivity index (χ4v) is 4.35. The Morgan fingerprint density at radius 3 is 2.93 bits per heavy atom. The van der Waals surface area contributed by atoms with Gasteiger partial charge in [0.1, 0.15) is 11.5 Å². The molecule has 1 fully saturated rings. The summed E-state index contributed by atoms with van der Waals surface area (Å²) in [6.07, 6.45) is 4.37. The van der Waals surface area contributed by atoms with Crippen LogP contribution >= 0.6 is 11.6 Å². The number of nitrogens with zero attached hydrogens (tertiary/aromatic N) is 2. The molecule has 2 aromatic rings. The molecule has 0 spiro atoms. The van der Waals surface area contributed by atoms with Crippen molar-refractivity contribution in [2.75, 3.05) is 13.7 Å². The number of ether oxygens (including phenoxy) is 1. The van der Waals surface area contributed by atoms with Crippen molar-refractivity contribution in [3.63, 3.8) is 0 Å². The Morgan fingerprint density at radius 2 is 2.14 bits per heavy atom. The maximum atomic E-state index is 13.1. The first kappa shape index (κ1) is 19.1. The van der Waals surface area contributed by atoms with Crippen molar-refractivity contribution in [2.45, 2.75) is 44.8 Å². The maximum Gasteiger partial charge on any atom is 0.226 e. The molecule has 28 heavy (non-hydrogen) atoms. The molecule has 2 atom stereocenters. The van der Waals surface area contributed by atoms with E-state index in [0.29, 0.717) is 30.8 Å². The second-order valence-corrected chi connectivity index (χ2v) is 7.90. The van der Waals surface area contributed by atoms with E-state index < -0.39 is 0 Å². The Labute approximate surface area is 167 Å². The molecule has 1 aromatic heterocycles. The van der Waals surface area contributed by atoms with E-state index in [1.54, 1.807) is 7.11 Å². The minimum Gasteiger partial charge on any atom is -0.507 e. The molecule has 0 unspecified atom stereocenters. The lowest BCUT2D eigenvalue weighted by molar-refractivity contribution is -0.139. The first-order chi connectivity index (χ1) is 13.5. The van der Waals surface area contributed by atoms with Gasteiger partial charge in [0, 0.05) is 37.6 Å². The number of aromatic hydroxyl groups is 2. The van der Waals surface area contributed by atoms with Crippen molar-refractivity contribution in [3.8, 4) is 22.8 Å². The molecule has 0 radical (unpaired) electrons. The monoisotopic (exact) mass is 406 g/mol. The summed E-state index contributed by atoms with van der Waals surface area (Å²) in [6, 6.07) is 2.61. The van der Waals surface area contributed by atoms with Gasteiger partial charge in [0.25, 0.3) is 0 Å². The molecule has 1 aliphatic carbocycles. The van der Waals surface area contributed by atoms with Crippen LogP contribution in [0.15, 0.2) is 16.7 Å². The molecule has 2 N–H and O–H groups in total. The van der Waals surface area contributed by atoms with Gasteiger partial charge >= 0.3 is 0 Å². The summed E-state index contributed by atoms with van der Waals surface area (Å²) in [6.45, 7) is 0.966. The molecule has 0 bridgehead atoms. The van der Waals surface area contributed by atoms with Gasteiger partial charge in [-0.1, -0.05) is 23.2 Å². The molecule has 1 amide bonds. The lowest BCUT2D eigenvalue weighted by Gasteiger charge is -2.33. The smallest absolute Gasteiger partial charge is 0.226 e. The van der Waals surface area contributed by atoms with Crippen LogP contribution < -0.4 is 0 Å². The average molecular weight is 407 g/mol. The van der Waals surface area contributed by atoms with Crippen LogP contribution in [0.3, 0.4) is 0 Å². The van der Waals surface area contributed by atoms with E-state index in [4.69, 9.17) is 20.9 Å². The number of benzene rings is 1. The zero-order valence-electron chi connectivity index (χ0n) is 15.7. The minimum absolute atomic E-state index is 0.0277. The van der Waals surface area contributed by atoms with E-state index in [1.165, 1.54) is 12.1 Å². The third-order valence-electron chi connectivity index (χ3n) is 5.77. The Hall–Kier alpha value is -2.25. The van der Waals surface area contributed by atoms with Gasteiger partial charge in [-0.25, -0.2) is 0 Å². The summed E-state index contributed by atoms with van der Waals surface area (Å²) in [4.78, 5) is 14.9. The first-order valence-electron chi connectivity index (χ1n) is 9.48. The van der Waals surface area contributed by atoms with Crippen LogP contribution in [-0.4, -0.2) is 45.9 Å². The van der Waals surface area contributed by atoms with Gasteiger partial charge < -0.3 is 24.4 Å². The van der Waals surface area contributed by atoms with Crippen molar-refractivity contribution < 1.29 is 24.3 Å². The van der Waals surface area contributed by atoms with Gasteiger partial charge in [-0.3, -0.25) is 4.79 Å². The summed E-state index contributed by atoms with van der Waals surface area (Å²) < 4.78 is 10.9. The van der Waals surface area contributed by atoms with Gasteiger partial charge in [-0.2, -0.15) is 0 Å². The van der Waals surface area contributed by atoms with Crippen LogP contribution in [0.2, 0.25) is 5.02 Å². The number of phenols is 2. The second kappa shape index (κ2) is 7.64. The second-order valence-electron chi connectivity index (χ2n) is 7.49. The molecule has 0 saturated heterocycles. The largest absolute Gasteiger partial charge is 0.507 e. The molecule has 150 valence electrons. The molecule has 7 nitrogen and oxygen atoms in total. The van der Waals surface area contributed by atoms with E-state index in [1.807, 2.05) is 4.90 Å². The molecule has 1 aliphatic heterocycles. The first-order valence-corrected chi connectivity index (χ1v) is 9.86. The van der Waals surface area contributed by atoms with Crippen LogP contribution in [0, 0.1) is 5.92 Å². The van der Waals surface area contributed by atoms with Crippen molar-refractivity contribution in [1.29, 1.82) is 0 Å². The molecule has 4 rings (SSSR count). The third-order valence-corrected chi connectivity index (χ3v) is 6.07. The van der Waals surface area contributed by atoms with Crippen LogP contribution in [0.25, 0.3) is 11.3 Å². The van der Waals surface area contributed by atoms with Crippen LogP contribution in [-0.2, 0) is 22.5 Å². The van der Waals surface area contributed by atoms with E-state index in [0.717, 1.165) is 36.9 Å². The highest BCUT2D eigenvalue weighted by atomic mass is 35.5. The van der Waals surface area contributed by atoms with Gasteiger partial charge in [-0.05, 0) is 25.3 Å². The number of aromatic nitrogens is 1. The Bertz CT molecular complexity index is 897. The van der Waals surface area contributed by atoms with E-state index in [-0.39, 0.29) is 34.5 Å². The van der Waals surface area contributed by atoms with Crippen molar-refractivity contribution in [1.82, 2.24) is 10.1 Å². The maximum absolute atomic E-state index is 13.1. The number of halogens is 1. The molecule has 1 aromatic carbocycles. The number of carbonyl (C=O) groups excluding carboxylic acids is 1. The highest BCUT2D eigenvalue weighted by Gasteiger charge is 2.34. The van der Waals surface area contributed by atoms with Crippen LogP contribution in [0.1, 0.15) is 36.9 Å². The summed E-state index contributed by atoms with van der Waals surface area (Å²) in [7, 11) is 1.70. The summed E-state index contributed by atoms with van der Waals surface area (Å²) >= 11 is 5.99. The fraction of sp³-hybridized carbons (Fsp3) is 0.500. The van der Waals surface area contributed by atoms with E-state index in [2.05, 4.69) is 5.16 Å². The quantitative estimate of drug-likeness (QED) is 0.809. The van der Waals surface area contributed by atoms with Gasteiger partial charge in [0.05, 0.1) is 28.9 Å². The van der Waals surface area contributed by atoms with Crippen molar-refractivity contribution in [3.05, 3.63) is 28.4 Å². The molecule has 1 saturated carbocycles. The lowest BCUT2D eigenvalue weighted by Crippen LogP contribution is -2.42. The number of phenolic OH excluding ortho intramolecular Hbond substituents is 2. The normalized spacial score (nSPS) is 22.1. The number of methoxy groups -OCH3 is 1. The number of carbonyl (C=O) groups is 1. The summed E-state index contributed by atoms with van der Waals surface area (Å²) in [5.41, 5.74) is 1.90. The zero-order chi connectivity index (χ0) is 19.8. The standard InChI is InChI=1S/C20H23ClN2O5/c1-27-12-4-2-3-11(7-12)20(26)23-6-5-16-14(10-23)19(28-22-16)13-8-15(21)18(25)9-17(13)24/h8-9,11-12,24-25H,2-7,10H2,1H3/t11-,12+/m0/s1. The van der Waals surface area contributed by atoms with E-state index >= 15 is 0 Å². The van der Waals surface area contributed by atoms with Gasteiger partial charge in [0.2, 0.25) is 5.91 Å². The third kappa shape index (κ3) is 3.44. The Morgan fingerprint density at radius 1 is 1.32 bits per heavy atom. The Kier molecular flexibility index (Phi) is 5.21. The number of hydrogen-bond donors (Lipinski definition) is 2. The number of fused-ring (bicyclic) bond motifs is 1. The molecule has 8 heteroatoms. The highest BCUT2D eigenvalue weighted by molar-refractivity contribution is 6.32. The van der Waals surface area contributed by atoms with Crippen molar-refractivity contribution >= 4 is 17.5 Å². The van der Waals surface area contributed by atoms with Crippen LogP contribution in [0.4, 0.5) is 0 Å². The molecule has 2 heterocycles. The SMILES string of the molecule is CO[C@@H]1CCC[C@H](C(=O)N2CCc3noc(-c4cc(Cl)c(O)cc4O)c3C2)C1. The number of hydrogen-bond acceptors (Lipinski definition) is 6. The zero-order valence-corrected chi connectivity index (χ0v) is 16.4. The fourth-order valence-electron chi connectivity index (χ4n) is 4.19. The predicted octanol–water partition coefficient (Wildman–Crippen LogP) is 3.50. The number of rotatable bonds is 3. The highest BCUT2D eigenvalue weighted by Crippen LogP contribution is 2.41. The predicted molar refractivity (Wildman–Crippen MR) is 102 cm³/mol. The van der Waals surface area contributed by atoms with Gasteiger partial charge in [-0.15, -0.1) is 0 Å². The van der Waals surface area contributed by atoms with Crippen molar-refractivity contribution in [2.24, 2.45) is 5.92 Å². The molecule has 2 aliphatic rings. The van der Waals surface area contributed by atoms with Crippen LogP contribution in [0.5, 0.6) is 11.5 Å². The van der Waals surface area contributed by atoms with E-state index in [9.17, 15) is 15.0 Å². The minimum atomic E-state index is -0.210. The average Bonchev–Trinajstić information content (AvgIpc) is 3.13. The summed E-state index contributed by atoms with van der Waals surface area (Å²) in [5, 5.41) is 24.1. The number of amides is 1. The lowest BCUT2D eigenvalue weighted by atomic mass is 9.85. The topological polar surface area (TPSA) is 96.0 Å². The van der Waals surface area contributed by atoms with Gasteiger partial charge in [0.15, 0.2) is 5.76 Å². The molecular formula is C20H23ClN2O5. The molecular weight excluding hydrogens is 384 g/mol.